The van der Waals surface area contributed by atoms with E-state index >= 15 is 0 Å². The molecular formula is C29H33FN6O3. The molecule has 3 amide bonds. The Bertz CT molecular complexity index is 1510. The number of nitrogens with zero attached hydrogens (tertiary/aromatic N) is 3. The van der Waals surface area contributed by atoms with Crippen LogP contribution in [-0.4, -0.2) is 50.8 Å². The summed E-state index contributed by atoms with van der Waals surface area (Å²) in [5.41, 5.74) is 2.55. The Morgan fingerprint density at radius 3 is 2.56 bits per heavy atom. The van der Waals surface area contributed by atoms with Gasteiger partial charge in [-0.15, -0.1) is 0 Å². The Balaban J connectivity index is 1.18. The zero-order chi connectivity index (χ0) is 27.7. The van der Waals surface area contributed by atoms with Crippen molar-refractivity contribution in [2.45, 2.75) is 45.1 Å². The van der Waals surface area contributed by atoms with Crippen molar-refractivity contribution in [3.8, 4) is 5.75 Å². The predicted molar refractivity (Wildman–Crippen MR) is 149 cm³/mol. The zero-order valence-electron chi connectivity index (χ0n) is 22.5. The molecule has 5 rings (SSSR count). The van der Waals surface area contributed by atoms with E-state index in [0.29, 0.717) is 43.1 Å². The molecule has 2 aromatic carbocycles. The molecule has 0 unspecified atom stereocenters. The second-order valence-electron chi connectivity index (χ2n) is 10.9. The standard InChI is InChI=1S/C29H33FN6O3/c1-29(2,3)25-17-26(35(4)34-25)33-28(38)32-19-14-18(30)15-21(16-19)39-20-9-12-36(13-10-20)27(37)23-6-5-7-24-22(23)8-11-31-24/h5-8,11,14-17,20,31H,9-10,12-13H2,1-4H3,(H2,32,33,38). The Kier molecular flexibility index (Phi) is 7.03. The van der Waals surface area contributed by atoms with E-state index in [9.17, 15) is 14.0 Å². The molecule has 0 bridgehead atoms. The number of anilines is 2. The topological polar surface area (TPSA) is 104 Å². The summed E-state index contributed by atoms with van der Waals surface area (Å²) in [4.78, 5) is 30.7. The molecule has 3 heterocycles. The highest BCUT2D eigenvalue weighted by molar-refractivity contribution is 6.06. The van der Waals surface area contributed by atoms with Crippen molar-refractivity contribution in [2.24, 2.45) is 7.05 Å². The lowest BCUT2D eigenvalue weighted by Crippen LogP contribution is -2.41. The number of fused-ring (bicyclic) bond motifs is 1. The number of halogens is 1. The summed E-state index contributed by atoms with van der Waals surface area (Å²) < 4.78 is 22.0. The van der Waals surface area contributed by atoms with Gasteiger partial charge in [-0.2, -0.15) is 5.10 Å². The summed E-state index contributed by atoms with van der Waals surface area (Å²) in [6, 6.07) is 13.0. The number of H-pyrrole nitrogens is 1. The number of hydrogen-bond acceptors (Lipinski definition) is 4. The Labute approximate surface area is 226 Å². The van der Waals surface area contributed by atoms with Crippen LogP contribution in [0.4, 0.5) is 20.7 Å². The fraction of sp³-hybridized carbons (Fsp3) is 0.345. The highest BCUT2D eigenvalue weighted by Gasteiger charge is 2.26. The molecule has 2 aromatic heterocycles. The second-order valence-corrected chi connectivity index (χ2v) is 10.9. The van der Waals surface area contributed by atoms with Gasteiger partial charge in [0, 0.05) is 84.9 Å². The molecule has 1 aliphatic heterocycles. The number of piperidine rings is 1. The number of aryl methyl sites for hydroxylation is 1. The van der Waals surface area contributed by atoms with E-state index in [1.54, 1.807) is 17.8 Å². The average Bonchev–Trinajstić information content (AvgIpc) is 3.50. The molecular weight excluding hydrogens is 499 g/mol. The molecule has 1 saturated heterocycles. The zero-order valence-corrected chi connectivity index (χ0v) is 22.5. The maximum Gasteiger partial charge on any atom is 0.324 e. The first-order chi connectivity index (χ1) is 18.6. The quantitative estimate of drug-likeness (QED) is 0.308. The summed E-state index contributed by atoms with van der Waals surface area (Å²) in [7, 11) is 1.75. The van der Waals surface area contributed by atoms with Crippen LogP contribution in [0.2, 0.25) is 0 Å². The Morgan fingerprint density at radius 2 is 1.85 bits per heavy atom. The molecule has 4 aromatic rings. The van der Waals surface area contributed by atoms with Crippen molar-refractivity contribution in [3.05, 3.63) is 71.8 Å². The fourth-order valence-corrected chi connectivity index (χ4v) is 4.74. The van der Waals surface area contributed by atoms with E-state index in [1.165, 1.54) is 12.1 Å². The van der Waals surface area contributed by atoms with Crippen LogP contribution in [0.3, 0.4) is 0 Å². The average molecular weight is 533 g/mol. The van der Waals surface area contributed by atoms with Crippen LogP contribution in [0.5, 0.6) is 5.75 Å². The number of aromatic amines is 1. The third-order valence-corrected chi connectivity index (χ3v) is 6.88. The minimum Gasteiger partial charge on any atom is -0.490 e. The van der Waals surface area contributed by atoms with Gasteiger partial charge in [0.25, 0.3) is 5.91 Å². The van der Waals surface area contributed by atoms with Gasteiger partial charge in [0.15, 0.2) is 0 Å². The molecule has 0 radical (unpaired) electrons. The molecule has 0 saturated carbocycles. The maximum atomic E-state index is 14.4. The second kappa shape index (κ2) is 10.4. The van der Waals surface area contributed by atoms with Crippen molar-refractivity contribution >= 4 is 34.3 Å². The molecule has 1 aliphatic rings. The lowest BCUT2D eigenvalue weighted by atomic mass is 9.92. The number of hydrogen-bond donors (Lipinski definition) is 3. The van der Waals surface area contributed by atoms with Crippen LogP contribution >= 0.6 is 0 Å². The van der Waals surface area contributed by atoms with Crippen LogP contribution in [0.25, 0.3) is 10.9 Å². The highest BCUT2D eigenvalue weighted by Crippen LogP contribution is 2.27. The van der Waals surface area contributed by atoms with Crippen molar-refractivity contribution in [1.29, 1.82) is 0 Å². The molecule has 9 nitrogen and oxygen atoms in total. The van der Waals surface area contributed by atoms with Crippen molar-refractivity contribution in [1.82, 2.24) is 19.7 Å². The number of nitrogens with one attached hydrogen (secondary N) is 3. The minimum absolute atomic E-state index is 0.00931. The smallest absolute Gasteiger partial charge is 0.324 e. The lowest BCUT2D eigenvalue weighted by Gasteiger charge is -2.32. The summed E-state index contributed by atoms with van der Waals surface area (Å²) in [5, 5.41) is 10.8. The Hall–Kier alpha value is -4.34. The normalized spacial score (nSPS) is 14.4. The van der Waals surface area contributed by atoms with E-state index in [1.807, 2.05) is 62.2 Å². The number of carbonyl (C=O) groups excluding carboxylic acids is 2. The van der Waals surface area contributed by atoms with Gasteiger partial charge in [-0.1, -0.05) is 26.8 Å². The van der Waals surface area contributed by atoms with Crippen molar-refractivity contribution in [3.63, 3.8) is 0 Å². The number of urea groups is 1. The first-order valence-corrected chi connectivity index (χ1v) is 13.0. The van der Waals surface area contributed by atoms with Crippen LogP contribution in [-0.2, 0) is 12.5 Å². The Morgan fingerprint density at radius 1 is 1.08 bits per heavy atom. The molecule has 1 fully saturated rings. The van der Waals surface area contributed by atoms with Crippen LogP contribution in [0, 0.1) is 5.82 Å². The predicted octanol–water partition coefficient (Wildman–Crippen LogP) is 5.67. The van der Waals surface area contributed by atoms with Gasteiger partial charge in [-0.05, 0) is 24.3 Å². The molecule has 3 N–H and O–H groups in total. The van der Waals surface area contributed by atoms with E-state index in [2.05, 4.69) is 20.7 Å². The largest absolute Gasteiger partial charge is 0.490 e. The monoisotopic (exact) mass is 532 g/mol. The van der Waals surface area contributed by atoms with E-state index in [-0.39, 0.29) is 23.1 Å². The maximum absolute atomic E-state index is 14.4. The molecule has 10 heteroatoms. The molecule has 0 atom stereocenters. The van der Waals surface area contributed by atoms with Gasteiger partial charge in [-0.25, -0.2) is 9.18 Å². The fourth-order valence-electron chi connectivity index (χ4n) is 4.74. The number of rotatable bonds is 5. The van der Waals surface area contributed by atoms with Gasteiger partial charge >= 0.3 is 6.03 Å². The summed E-state index contributed by atoms with van der Waals surface area (Å²) in [5.74, 6) is 0.317. The number of carbonyl (C=O) groups is 2. The molecule has 0 aliphatic carbocycles. The minimum atomic E-state index is -0.523. The van der Waals surface area contributed by atoms with Crippen LogP contribution in [0.15, 0.2) is 54.7 Å². The van der Waals surface area contributed by atoms with E-state index < -0.39 is 11.8 Å². The first-order valence-electron chi connectivity index (χ1n) is 13.0. The van der Waals surface area contributed by atoms with Gasteiger partial charge in [-0.3, -0.25) is 14.8 Å². The van der Waals surface area contributed by atoms with Gasteiger partial charge in [0.05, 0.1) is 5.69 Å². The summed E-state index contributed by atoms with van der Waals surface area (Å²) >= 11 is 0. The number of benzene rings is 2. The van der Waals surface area contributed by atoms with Crippen molar-refractivity contribution in [2.75, 3.05) is 23.7 Å². The van der Waals surface area contributed by atoms with Gasteiger partial charge < -0.3 is 19.9 Å². The van der Waals surface area contributed by atoms with Crippen LogP contribution < -0.4 is 15.4 Å². The summed E-state index contributed by atoms with van der Waals surface area (Å²) in [6.45, 7) is 7.19. The SMILES string of the molecule is Cn1nc(C(C)(C)C)cc1NC(=O)Nc1cc(F)cc(OC2CCN(C(=O)c3cccc4[nH]ccc34)CC2)c1. The first kappa shape index (κ1) is 26.3. The number of amides is 3. The highest BCUT2D eigenvalue weighted by atomic mass is 19.1. The van der Waals surface area contributed by atoms with E-state index in [4.69, 9.17) is 4.74 Å². The number of ether oxygens (including phenoxy) is 1. The van der Waals surface area contributed by atoms with Gasteiger partial charge in [0.2, 0.25) is 0 Å². The number of aromatic nitrogens is 3. The number of likely N-dealkylation sites (tertiary alicyclic amines) is 1. The van der Waals surface area contributed by atoms with Crippen molar-refractivity contribution < 1.29 is 18.7 Å². The lowest BCUT2D eigenvalue weighted by molar-refractivity contribution is 0.0597. The van der Waals surface area contributed by atoms with Gasteiger partial charge in [0.1, 0.15) is 23.5 Å². The molecule has 0 spiro atoms. The van der Waals surface area contributed by atoms with E-state index in [0.717, 1.165) is 16.6 Å². The van der Waals surface area contributed by atoms with Crippen LogP contribution in [0.1, 0.15) is 49.7 Å². The third-order valence-electron chi connectivity index (χ3n) is 6.88. The molecule has 204 valence electrons. The summed E-state index contributed by atoms with van der Waals surface area (Å²) in [6.07, 6.45) is 2.89. The molecule has 39 heavy (non-hydrogen) atoms. The third kappa shape index (κ3) is 5.89.